The molecular weight excluding hydrogens is 408 g/mol. The second-order valence-corrected chi connectivity index (χ2v) is 6.15. The predicted octanol–water partition coefficient (Wildman–Crippen LogP) is 2.77. The van der Waals surface area contributed by atoms with E-state index in [1.807, 2.05) is 41.9 Å². The summed E-state index contributed by atoms with van der Waals surface area (Å²) in [5.74, 6) is -2.16. The normalized spacial score (nSPS) is 9.87. The van der Waals surface area contributed by atoms with Crippen LogP contribution in [0.25, 0.3) is 11.3 Å². The lowest BCUT2D eigenvalue weighted by atomic mass is 10.1. The van der Waals surface area contributed by atoms with E-state index < -0.39 is 16.9 Å². The molecule has 11 heteroatoms. The highest BCUT2D eigenvalue weighted by Gasteiger charge is 2.10. The molecule has 3 N–H and O–H groups in total. The average molecular weight is 428 g/mol. The minimum absolute atomic E-state index is 0.0815. The van der Waals surface area contributed by atoms with E-state index in [-0.39, 0.29) is 5.69 Å². The van der Waals surface area contributed by atoms with Crippen LogP contribution in [0.1, 0.15) is 5.56 Å². The summed E-state index contributed by atoms with van der Waals surface area (Å²) >= 11 is 0. The maximum Gasteiger partial charge on any atom is 0.414 e. The fourth-order valence-corrected chi connectivity index (χ4v) is 2.56. The van der Waals surface area contributed by atoms with Gasteiger partial charge >= 0.3 is 11.9 Å². The SMILES string of the molecule is COc1ccc(-c2cnc(NCc3cccc([N+](=O)[O-])c3)n2C)cc1.O=C(O)C(=O)O. The summed E-state index contributed by atoms with van der Waals surface area (Å²) < 4.78 is 7.12. The molecule has 162 valence electrons. The average Bonchev–Trinajstić information content (AvgIpc) is 3.13. The van der Waals surface area contributed by atoms with Crippen molar-refractivity contribution in [2.45, 2.75) is 6.54 Å². The maximum atomic E-state index is 10.8. The van der Waals surface area contributed by atoms with Gasteiger partial charge in [0.25, 0.3) is 5.69 Å². The molecule has 3 aromatic rings. The number of nitrogens with one attached hydrogen (secondary N) is 1. The van der Waals surface area contributed by atoms with Gasteiger partial charge in [0.15, 0.2) is 0 Å². The van der Waals surface area contributed by atoms with Crippen molar-refractivity contribution >= 4 is 23.6 Å². The van der Waals surface area contributed by atoms with Crippen LogP contribution in [0.5, 0.6) is 5.75 Å². The highest BCUT2D eigenvalue weighted by molar-refractivity contribution is 6.27. The van der Waals surface area contributed by atoms with Crippen molar-refractivity contribution in [3.63, 3.8) is 0 Å². The number of nitrogens with zero attached hydrogens (tertiary/aromatic N) is 3. The van der Waals surface area contributed by atoms with E-state index >= 15 is 0 Å². The van der Waals surface area contributed by atoms with Gasteiger partial charge in [0.2, 0.25) is 5.95 Å². The van der Waals surface area contributed by atoms with Crippen LogP contribution in [0.4, 0.5) is 11.6 Å². The molecule has 31 heavy (non-hydrogen) atoms. The summed E-state index contributed by atoms with van der Waals surface area (Å²) in [6, 6.07) is 14.3. The molecule has 0 aliphatic carbocycles. The van der Waals surface area contributed by atoms with Gasteiger partial charge in [-0.3, -0.25) is 10.1 Å². The van der Waals surface area contributed by atoms with Crippen molar-refractivity contribution in [3.05, 3.63) is 70.4 Å². The molecule has 0 saturated heterocycles. The van der Waals surface area contributed by atoms with Crippen molar-refractivity contribution in [2.24, 2.45) is 7.05 Å². The number of anilines is 1. The number of methoxy groups -OCH3 is 1. The molecule has 0 aliphatic heterocycles. The molecular formula is C20H20N4O7. The summed E-state index contributed by atoms with van der Waals surface area (Å²) in [4.78, 5) is 33.0. The molecule has 0 bridgehead atoms. The van der Waals surface area contributed by atoms with Gasteiger partial charge in [-0.1, -0.05) is 12.1 Å². The van der Waals surface area contributed by atoms with Crippen molar-refractivity contribution in [2.75, 3.05) is 12.4 Å². The third-order valence-corrected chi connectivity index (χ3v) is 4.13. The first-order valence-corrected chi connectivity index (χ1v) is 8.82. The van der Waals surface area contributed by atoms with Gasteiger partial charge in [0.1, 0.15) is 5.75 Å². The monoisotopic (exact) mass is 428 g/mol. The number of carbonyl (C=O) groups is 2. The molecule has 0 radical (unpaired) electrons. The zero-order chi connectivity index (χ0) is 23.0. The number of non-ortho nitro benzene ring substituents is 1. The van der Waals surface area contributed by atoms with E-state index in [1.54, 1.807) is 25.4 Å². The Bertz CT molecular complexity index is 1070. The van der Waals surface area contributed by atoms with E-state index in [4.69, 9.17) is 24.5 Å². The quantitative estimate of drug-likeness (QED) is 0.305. The van der Waals surface area contributed by atoms with Crippen molar-refractivity contribution in [3.8, 4) is 17.0 Å². The fourth-order valence-electron chi connectivity index (χ4n) is 2.56. The van der Waals surface area contributed by atoms with Gasteiger partial charge in [0.05, 0.1) is 23.9 Å². The highest BCUT2D eigenvalue weighted by Crippen LogP contribution is 2.24. The topological polar surface area (TPSA) is 157 Å². The Morgan fingerprint density at radius 2 is 1.81 bits per heavy atom. The van der Waals surface area contributed by atoms with Crippen LogP contribution in [-0.4, -0.2) is 43.7 Å². The van der Waals surface area contributed by atoms with Gasteiger partial charge < -0.3 is 24.8 Å². The number of carboxylic acid groups (broad SMARTS) is 2. The van der Waals surface area contributed by atoms with Gasteiger partial charge in [-0.05, 0) is 29.8 Å². The van der Waals surface area contributed by atoms with E-state index in [1.165, 1.54) is 6.07 Å². The van der Waals surface area contributed by atoms with Crippen LogP contribution >= 0.6 is 0 Å². The standard InChI is InChI=1S/C18H18N4O3.C2H2O4/c1-21-17(14-6-8-16(25-2)9-7-14)12-20-18(21)19-11-13-4-3-5-15(10-13)22(23)24;3-1(4)2(5)6/h3-10,12H,11H2,1-2H3,(H,19,20);(H,3,4)(H,5,6). The van der Waals surface area contributed by atoms with Crippen molar-refractivity contribution < 1.29 is 29.5 Å². The van der Waals surface area contributed by atoms with Gasteiger partial charge in [-0.2, -0.15) is 0 Å². The number of hydrogen-bond donors (Lipinski definition) is 3. The number of aromatic nitrogens is 2. The maximum absolute atomic E-state index is 10.8. The summed E-state index contributed by atoms with van der Waals surface area (Å²) in [6.07, 6.45) is 1.79. The molecule has 0 amide bonds. The van der Waals surface area contributed by atoms with Crippen LogP contribution < -0.4 is 10.1 Å². The molecule has 0 fully saturated rings. The lowest BCUT2D eigenvalue weighted by Crippen LogP contribution is -2.09. The number of benzene rings is 2. The summed E-state index contributed by atoms with van der Waals surface area (Å²) in [5.41, 5.74) is 2.89. The predicted molar refractivity (Wildman–Crippen MR) is 111 cm³/mol. The van der Waals surface area contributed by atoms with Gasteiger partial charge in [-0.25, -0.2) is 14.6 Å². The fraction of sp³-hybridized carbons (Fsp3) is 0.150. The van der Waals surface area contributed by atoms with Gasteiger partial charge in [-0.15, -0.1) is 0 Å². The molecule has 0 saturated carbocycles. The van der Waals surface area contributed by atoms with Crippen molar-refractivity contribution in [1.29, 1.82) is 0 Å². The van der Waals surface area contributed by atoms with Crippen LogP contribution in [0, 0.1) is 10.1 Å². The van der Waals surface area contributed by atoms with Crippen LogP contribution in [0.3, 0.4) is 0 Å². The molecule has 1 aromatic heterocycles. The zero-order valence-electron chi connectivity index (χ0n) is 16.7. The van der Waals surface area contributed by atoms with E-state index in [0.29, 0.717) is 12.5 Å². The van der Waals surface area contributed by atoms with Gasteiger partial charge in [0, 0.05) is 31.3 Å². The lowest BCUT2D eigenvalue weighted by Gasteiger charge is -2.09. The largest absolute Gasteiger partial charge is 0.497 e. The Kier molecular flexibility index (Phi) is 7.67. The van der Waals surface area contributed by atoms with Crippen LogP contribution in [0.2, 0.25) is 0 Å². The second kappa shape index (κ2) is 10.4. The number of rotatable bonds is 6. The Balaban J connectivity index is 0.000000501. The molecule has 11 nitrogen and oxygen atoms in total. The minimum Gasteiger partial charge on any atom is -0.497 e. The Morgan fingerprint density at radius 1 is 1.16 bits per heavy atom. The number of aliphatic carboxylic acids is 2. The van der Waals surface area contributed by atoms with E-state index in [2.05, 4.69) is 10.3 Å². The summed E-state index contributed by atoms with van der Waals surface area (Å²) in [6.45, 7) is 0.453. The molecule has 2 aromatic carbocycles. The molecule has 0 unspecified atom stereocenters. The van der Waals surface area contributed by atoms with Crippen molar-refractivity contribution in [1.82, 2.24) is 9.55 Å². The Morgan fingerprint density at radius 3 is 2.35 bits per heavy atom. The minimum atomic E-state index is -1.82. The molecule has 3 rings (SSSR count). The summed E-state index contributed by atoms with van der Waals surface area (Å²) in [7, 11) is 3.55. The number of nitro groups is 1. The Labute approximate surface area is 176 Å². The second-order valence-electron chi connectivity index (χ2n) is 6.15. The third-order valence-electron chi connectivity index (χ3n) is 4.13. The van der Waals surface area contributed by atoms with E-state index in [9.17, 15) is 10.1 Å². The number of nitro benzene ring substituents is 1. The first-order chi connectivity index (χ1) is 14.7. The zero-order valence-corrected chi connectivity index (χ0v) is 16.7. The molecule has 1 heterocycles. The molecule has 0 spiro atoms. The Hall–Kier alpha value is -4.41. The highest BCUT2D eigenvalue weighted by atomic mass is 16.6. The first-order valence-electron chi connectivity index (χ1n) is 8.82. The number of imidazole rings is 1. The summed E-state index contributed by atoms with van der Waals surface area (Å²) in [5, 5.41) is 28.8. The number of carboxylic acids is 2. The van der Waals surface area contributed by atoms with E-state index in [0.717, 1.165) is 22.6 Å². The van der Waals surface area contributed by atoms with Crippen LogP contribution in [-0.2, 0) is 23.2 Å². The molecule has 0 atom stereocenters. The van der Waals surface area contributed by atoms with Crippen LogP contribution in [0.15, 0.2) is 54.7 Å². The number of hydrogen-bond acceptors (Lipinski definition) is 7. The lowest BCUT2D eigenvalue weighted by molar-refractivity contribution is -0.384. The smallest absolute Gasteiger partial charge is 0.414 e. The number of ether oxygens (including phenoxy) is 1. The molecule has 0 aliphatic rings. The first kappa shape index (κ1) is 22.9. The third kappa shape index (κ3) is 6.29.